The maximum Gasteiger partial charge on any atom is 0.187 e. The van der Waals surface area contributed by atoms with E-state index in [9.17, 15) is 51.1 Å². The summed E-state index contributed by atoms with van der Waals surface area (Å²) >= 11 is 0. The maximum absolute atomic E-state index is 10.9. The average Bonchev–Trinajstić information content (AvgIpc) is 2.93. The predicted molar refractivity (Wildman–Crippen MR) is 125 cm³/mol. The first-order valence-electron chi connectivity index (χ1n) is 13.1. The van der Waals surface area contributed by atoms with Crippen LogP contribution in [0, 0.1) is 0 Å². The topological polar surface area (TPSA) is 258 Å². The smallest absolute Gasteiger partial charge is 0.187 e. The van der Waals surface area contributed by atoms with E-state index in [0.717, 1.165) is 12.8 Å². The van der Waals surface area contributed by atoms with Crippen molar-refractivity contribution >= 4 is 0 Å². The highest BCUT2D eigenvalue weighted by Crippen LogP contribution is 2.33. The molecule has 10 N–H and O–H groups in total. The molecule has 0 aromatic heterocycles. The highest BCUT2D eigenvalue weighted by Gasteiger charge is 2.54. The molecule has 3 rings (SSSR count). The van der Waals surface area contributed by atoms with Crippen LogP contribution in [-0.4, -0.2) is 170 Å². The second-order valence-electron chi connectivity index (χ2n) is 9.89. The molecule has 16 heteroatoms. The second kappa shape index (κ2) is 15.0. The molecule has 0 aliphatic carbocycles. The number of aliphatic hydroxyl groups excluding tert-OH is 10. The Hall–Kier alpha value is -0.640. The summed E-state index contributed by atoms with van der Waals surface area (Å²) in [7, 11) is 0. The van der Waals surface area contributed by atoms with Gasteiger partial charge in [-0.15, -0.1) is 0 Å². The standard InChI is InChI=1S/C23H42O16/c1-2-3-4-5-34-21-18(33)19(14(29)11(8-26)35-21)38-23-20(16(31)13(28)10(7-25)37-23)39-22-17(32)15(30)12(27)9(6-24)36-22/h9-33H,2-8H2,1H3/t9-,10-,11-,12-,13-,14-,15+,16+,17+,18+,19+,20+,21-,22-,23-/m1/s1. The van der Waals surface area contributed by atoms with E-state index >= 15 is 0 Å². The highest BCUT2D eigenvalue weighted by molar-refractivity contribution is 4.96. The van der Waals surface area contributed by atoms with Crippen LogP contribution >= 0.6 is 0 Å². The molecule has 16 nitrogen and oxygen atoms in total. The maximum atomic E-state index is 10.9. The Morgan fingerprint density at radius 3 is 1.62 bits per heavy atom. The van der Waals surface area contributed by atoms with Gasteiger partial charge in [-0.3, -0.25) is 0 Å². The molecule has 0 spiro atoms. The summed E-state index contributed by atoms with van der Waals surface area (Å²) in [6.07, 6.45) is -21.9. The van der Waals surface area contributed by atoms with Crippen LogP contribution in [0.4, 0.5) is 0 Å². The minimum absolute atomic E-state index is 0.205. The summed E-state index contributed by atoms with van der Waals surface area (Å²) in [5.74, 6) is 0. The van der Waals surface area contributed by atoms with Crippen LogP contribution < -0.4 is 0 Å². The zero-order valence-electron chi connectivity index (χ0n) is 21.5. The molecular weight excluding hydrogens is 532 g/mol. The molecule has 3 aliphatic heterocycles. The van der Waals surface area contributed by atoms with E-state index in [0.29, 0.717) is 6.42 Å². The Balaban J connectivity index is 1.82. The van der Waals surface area contributed by atoms with Gasteiger partial charge in [0, 0.05) is 6.61 Å². The van der Waals surface area contributed by atoms with Gasteiger partial charge in [0.25, 0.3) is 0 Å². The number of ether oxygens (including phenoxy) is 6. The number of aliphatic hydroxyl groups is 10. The van der Waals surface area contributed by atoms with Crippen molar-refractivity contribution < 1.29 is 79.5 Å². The third-order valence-corrected chi connectivity index (χ3v) is 7.11. The molecule has 0 aromatic rings. The van der Waals surface area contributed by atoms with Gasteiger partial charge in [-0.1, -0.05) is 19.8 Å². The molecule has 3 heterocycles. The zero-order valence-corrected chi connectivity index (χ0v) is 21.5. The van der Waals surface area contributed by atoms with Crippen molar-refractivity contribution in [3.63, 3.8) is 0 Å². The van der Waals surface area contributed by atoms with Crippen LogP contribution in [0.3, 0.4) is 0 Å². The van der Waals surface area contributed by atoms with Crippen LogP contribution in [0.5, 0.6) is 0 Å². The van der Waals surface area contributed by atoms with Gasteiger partial charge in [-0.05, 0) is 6.42 Å². The first-order valence-corrected chi connectivity index (χ1v) is 13.1. The molecule has 230 valence electrons. The fourth-order valence-corrected chi connectivity index (χ4v) is 4.70. The molecule has 3 aliphatic rings. The van der Waals surface area contributed by atoms with E-state index in [-0.39, 0.29) is 6.61 Å². The highest BCUT2D eigenvalue weighted by atomic mass is 16.8. The van der Waals surface area contributed by atoms with Gasteiger partial charge < -0.3 is 79.5 Å². The summed E-state index contributed by atoms with van der Waals surface area (Å²) in [6, 6.07) is 0. The van der Waals surface area contributed by atoms with Crippen molar-refractivity contribution in [2.45, 2.75) is 118 Å². The molecule has 3 saturated heterocycles. The number of hydrogen-bond acceptors (Lipinski definition) is 16. The molecule has 0 unspecified atom stereocenters. The predicted octanol–water partition coefficient (Wildman–Crippen LogP) is -5.36. The van der Waals surface area contributed by atoms with E-state index in [1.807, 2.05) is 6.92 Å². The first-order chi connectivity index (χ1) is 18.6. The summed E-state index contributed by atoms with van der Waals surface area (Å²) in [4.78, 5) is 0. The van der Waals surface area contributed by atoms with Gasteiger partial charge in [0.05, 0.1) is 19.8 Å². The average molecular weight is 575 g/mol. The van der Waals surface area contributed by atoms with Gasteiger partial charge in [-0.2, -0.15) is 0 Å². The van der Waals surface area contributed by atoms with Crippen LogP contribution in [0.1, 0.15) is 26.2 Å². The lowest BCUT2D eigenvalue weighted by molar-refractivity contribution is -0.389. The minimum Gasteiger partial charge on any atom is -0.394 e. The quantitative estimate of drug-likeness (QED) is 0.0976. The van der Waals surface area contributed by atoms with Crippen molar-refractivity contribution in [1.29, 1.82) is 0 Å². The SMILES string of the molecule is CCCCCO[C@@H]1O[C@H](CO)[C@@H](O)[C@H](O[C@H]2O[C@H](CO)[C@@H](O)[C@H](O)[C@@H]2O[C@H]2O[C@H](CO)[C@@H](O)[C@H](O)[C@@H]2O)[C@@H]1O. The van der Waals surface area contributed by atoms with E-state index in [1.165, 1.54) is 0 Å². The van der Waals surface area contributed by atoms with Crippen LogP contribution in [0.15, 0.2) is 0 Å². The normalized spacial score (nSPS) is 47.3. The molecule has 0 amide bonds. The minimum atomic E-state index is -1.87. The van der Waals surface area contributed by atoms with Crippen molar-refractivity contribution in [2.75, 3.05) is 26.4 Å². The fourth-order valence-electron chi connectivity index (χ4n) is 4.70. The van der Waals surface area contributed by atoms with Gasteiger partial charge in [0.1, 0.15) is 73.2 Å². The van der Waals surface area contributed by atoms with Crippen molar-refractivity contribution in [1.82, 2.24) is 0 Å². The van der Waals surface area contributed by atoms with E-state index in [1.54, 1.807) is 0 Å². The Morgan fingerprint density at radius 2 is 1.03 bits per heavy atom. The third-order valence-electron chi connectivity index (χ3n) is 7.11. The molecule has 0 radical (unpaired) electrons. The Bertz CT molecular complexity index is 716. The van der Waals surface area contributed by atoms with Crippen LogP contribution in [-0.2, 0) is 28.4 Å². The van der Waals surface area contributed by atoms with Crippen LogP contribution in [0.25, 0.3) is 0 Å². The Labute approximate surface area is 224 Å². The largest absolute Gasteiger partial charge is 0.394 e. The Kier molecular flexibility index (Phi) is 12.7. The lowest BCUT2D eigenvalue weighted by Crippen LogP contribution is -2.67. The molecular formula is C23H42O16. The van der Waals surface area contributed by atoms with Gasteiger partial charge in [0.15, 0.2) is 18.9 Å². The first kappa shape index (κ1) is 32.9. The molecule has 39 heavy (non-hydrogen) atoms. The summed E-state index contributed by atoms with van der Waals surface area (Å²) < 4.78 is 33.3. The summed E-state index contributed by atoms with van der Waals surface area (Å²) in [5.41, 5.74) is 0. The monoisotopic (exact) mass is 574 g/mol. The lowest BCUT2D eigenvalue weighted by Gasteiger charge is -2.48. The summed E-state index contributed by atoms with van der Waals surface area (Å²) in [6.45, 7) is 0.000570. The van der Waals surface area contributed by atoms with Gasteiger partial charge in [-0.25, -0.2) is 0 Å². The third kappa shape index (κ3) is 7.42. The lowest BCUT2D eigenvalue weighted by atomic mass is 9.96. The van der Waals surface area contributed by atoms with Crippen molar-refractivity contribution in [3.8, 4) is 0 Å². The molecule has 15 atom stereocenters. The second-order valence-corrected chi connectivity index (χ2v) is 9.89. The number of rotatable bonds is 12. The molecule has 0 aromatic carbocycles. The summed E-state index contributed by atoms with van der Waals surface area (Å²) in [5, 5.41) is 102. The van der Waals surface area contributed by atoms with E-state index in [4.69, 9.17) is 28.4 Å². The van der Waals surface area contributed by atoms with Gasteiger partial charge in [0.2, 0.25) is 0 Å². The van der Waals surface area contributed by atoms with E-state index in [2.05, 4.69) is 0 Å². The molecule has 0 bridgehead atoms. The Morgan fingerprint density at radius 1 is 0.513 bits per heavy atom. The number of hydrogen-bond donors (Lipinski definition) is 10. The van der Waals surface area contributed by atoms with Crippen LogP contribution in [0.2, 0.25) is 0 Å². The molecule has 3 fully saturated rings. The van der Waals surface area contributed by atoms with Crippen molar-refractivity contribution in [2.24, 2.45) is 0 Å². The molecule has 0 saturated carbocycles. The fraction of sp³-hybridized carbons (Fsp3) is 1.00. The zero-order chi connectivity index (χ0) is 28.9. The van der Waals surface area contributed by atoms with Gasteiger partial charge >= 0.3 is 0 Å². The van der Waals surface area contributed by atoms with E-state index < -0.39 is 112 Å². The van der Waals surface area contributed by atoms with Crippen molar-refractivity contribution in [3.05, 3.63) is 0 Å². The number of unbranched alkanes of at least 4 members (excludes halogenated alkanes) is 2.